The lowest BCUT2D eigenvalue weighted by Gasteiger charge is -2.13. The first-order chi connectivity index (χ1) is 8.20. The van der Waals surface area contributed by atoms with Crippen molar-refractivity contribution in [3.05, 3.63) is 35.5 Å². The largest absolute Gasteiger partial charge is 0.461 e. The standard InChI is InChI=1S/C13H11NO3/c1-8(15)14-11-5-3-2-4-9(11)10-6-7-17-13(16)12(10)14/h2-5H,6-7H2,1H3. The molecule has 4 nitrogen and oxygen atoms in total. The van der Waals surface area contributed by atoms with Gasteiger partial charge in [0.15, 0.2) is 0 Å². The van der Waals surface area contributed by atoms with Gasteiger partial charge in [-0.2, -0.15) is 0 Å². The van der Waals surface area contributed by atoms with E-state index in [0.717, 1.165) is 16.5 Å². The van der Waals surface area contributed by atoms with Gasteiger partial charge in [-0.3, -0.25) is 9.36 Å². The molecule has 1 aromatic carbocycles. The number of carbonyl (C=O) groups excluding carboxylic acids is 2. The molecule has 0 saturated heterocycles. The topological polar surface area (TPSA) is 48.3 Å². The number of hydrogen-bond acceptors (Lipinski definition) is 3. The second-order valence-corrected chi connectivity index (χ2v) is 4.08. The first kappa shape index (κ1) is 10.1. The summed E-state index contributed by atoms with van der Waals surface area (Å²) < 4.78 is 6.46. The molecule has 86 valence electrons. The van der Waals surface area contributed by atoms with E-state index >= 15 is 0 Å². The molecule has 4 heteroatoms. The Morgan fingerprint density at radius 3 is 2.88 bits per heavy atom. The van der Waals surface area contributed by atoms with Crippen LogP contribution < -0.4 is 0 Å². The lowest BCUT2D eigenvalue weighted by Crippen LogP contribution is -2.22. The van der Waals surface area contributed by atoms with Crippen LogP contribution in [0.5, 0.6) is 0 Å². The Morgan fingerprint density at radius 1 is 1.35 bits per heavy atom. The van der Waals surface area contributed by atoms with Crippen LogP contribution in [0.3, 0.4) is 0 Å². The van der Waals surface area contributed by atoms with Crippen LogP contribution >= 0.6 is 0 Å². The Morgan fingerprint density at radius 2 is 2.12 bits per heavy atom. The molecule has 1 aliphatic rings. The van der Waals surface area contributed by atoms with Crippen LogP contribution in [-0.4, -0.2) is 23.1 Å². The molecule has 0 atom stereocenters. The van der Waals surface area contributed by atoms with E-state index in [2.05, 4.69) is 0 Å². The quantitative estimate of drug-likeness (QED) is 0.649. The number of esters is 1. The van der Waals surface area contributed by atoms with Crippen molar-refractivity contribution in [1.29, 1.82) is 0 Å². The molecule has 1 aromatic heterocycles. The van der Waals surface area contributed by atoms with E-state index < -0.39 is 5.97 Å². The van der Waals surface area contributed by atoms with Gasteiger partial charge in [-0.1, -0.05) is 18.2 Å². The van der Waals surface area contributed by atoms with Gasteiger partial charge in [-0.25, -0.2) is 4.79 Å². The number of carbonyl (C=O) groups is 2. The van der Waals surface area contributed by atoms with Gasteiger partial charge in [0.05, 0.1) is 12.1 Å². The Kier molecular flexibility index (Phi) is 2.04. The maximum Gasteiger partial charge on any atom is 0.355 e. The number of nitrogens with zero attached hydrogens (tertiary/aromatic N) is 1. The molecule has 3 rings (SSSR count). The minimum Gasteiger partial charge on any atom is -0.461 e. The summed E-state index contributed by atoms with van der Waals surface area (Å²) in [6.45, 7) is 1.84. The fourth-order valence-corrected chi connectivity index (χ4v) is 2.42. The second kappa shape index (κ2) is 3.45. The second-order valence-electron chi connectivity index (χ2n) is 4.08. The number of hydrogen-bond donors (Lipinski definition) is 0. The summed E-state index contributed by atoms with van der Waals surface area (Å²) in [6.07, 6.45) is 0.669. The number of rotatable bonds is 0. The Balaban J connectivity index is 2.47. The third kappa shape index (κ3) is 1.30. The molecule has 17 heavy (non-hydrogen) atoms. The van der Waals surface area contributed by atoms with Gasteiger partial charge in [0.25, 0.3) is 0 Å². The average molecular weight is 229 g/mol. The van der Waals surface area contributed by atoms with Crippen molar-refractivity contribution < 1.29 is 14.3 Å². The van der Waals surface area contributed by atoms with E-state index in [9.17, 15) is 9.59 Å². The summed E-state index contributed by atoms with van der Waals surface area (Å²) in [5.41, 5.74) is 2.10. The number of cyclic esters (lactones) is 1. The summed E-state index contributed by atoms with van der Waals surface area (Å²) in [5, 5.41) is 0.967. The Hall–Kier alpha value is -2.10. The van der Waals surface area contributed by atoms with Crippen molar-refractivity contribution in [2.75, 3.05) is 6.61 Å². The van der Waals surface area contributed by atoms with Crippen molar-refractivity contribution in [2.24, 2.45) is 0 Å². The highest BCUT2D eigenvalue weighted by molar-refractivity contribution is 6.05. The van der Waals surface area contributed by atoms with Gasteiger partial charge in [0.1, 0.15) is 5.69 Å². The van der Waals surface area contributed by atoms with E-state index in [0.29, 0.717) is 18.7 Å². The zero-order valence-electron chi connectivity index (χ0n) is 9.40. The van der Waals surface area contributed by atoms with Crippen LogP contribution in [0.1, 0.15) is 27.8 Å². The highest BCUT2D eigenvalue weighted by Crippen LogP contribution is 2.29. The molecule has 0 unspecified atom stereocenters. The third-order valence-electron chi connectivity index (χ3n) is 3.07. The SMILES string of the molecule is CC(=O)n1c2c(c3ccccc31)CCOC2=O. The lowest BCUT2D eigenvalue weighted by atomic mass is 10.1. The molecule has 0 bridgehead atoms. The smallest absolute Gasteiger partial charge is 0.355 e. The molecule has 1 aliphatic heterocycles. The first-order valence-corrected chi connectivity index (χ1v) is 5.50. The van der Waals surface area contributed by atoms with Gasteiger partial charge in [-0.15, -0.1) is 0 Å². The number of benzene rings is 1. The summed E-state index contributed by atoms with van der Waals surface area (Å²) >= 11 is 0. The number of para-hydroxylation sites is 1. The third-order valence-corrected chi connectivity index (χ3v) is 3.07. The predicted molar refractivity (Wildman–Crippen MR) is 62.2 cm³/mol. The van der Waals surface area contributed by atoms with Gasteiger partial charge in [-0.05, 0) is 11.6 Å². The van der Waals surface area contributed by atoms with Crippen LogP contribution in [0, 0.1) is 0 Å². The van der Waals surface area contributed by atoms with Crippen LogP contribution in [0.25, 0.3) is 10.9 Å². The van der Waals surface area contributed by atoms with Gasteiger partial charge < -0.3 is 4.74 Å². The number of ether oxygens (including phenoxy) is 1. The summed E-state index contributed by atoms with van der Waals surface area (Å²) in [4.78, 5) is 23.5. The molecule has 2 heterocycles. The van der Waals surface area contributed by atoms with Crippen molar-refractivity contribution in [3.8, 4) is 0 Å². The van der Waals surface area contributed by atoms with Gasteiger partial charge in [0, 0.05) is 18.7 Å². The molecular weight excluding hydrogens is 218 g/mol. The fourth-order valence-electron chi connectivity index (χ4n) is 2.42. The molecule has 0 spiro atoms. The van der Waals surface area contributed by atoms with Crippen LogP contribution in [0.4, 0.5) is 0 Å². The van der Waals surface area contributed by atoms with Crippen molar-refractivity contribution >= 4 is 22.8 Å². The van der Waals surface area contributed by atoms with Gasteiger partial charge >= 0.3 is 5.97 Å². The van der Waals surface area contributed by atoms with Crippen LogP contribution in [0.15, 0.2) is 24.3 Å². The van der Waals surface area contributed by atoms with Crippen LogP contribution in [-0.2, 0) is 11.2 Å². The highest BCUT2D eigenvalue weighted by atomic mass is 16.5. The molecule has 0 radical (unpaired) electrons. The number of aromatic nitrogens is 1. The molecular formula is C13H11NO3. The monoisotopic (exact) mass is 229 g/mol. The zero-order valence-corrected chi connectivity index (χ0v) is 9.40. The molecule has 0 saturated carbocycles. The fraction of sp³-hybridized carbons (Fsp3) is 0.231. The van der Waals surface area contributed by atoms with Crippen LogP contribution in [0.2, 0.25) is 0 Å². The molecule has 0 fully saturated rings. The minimum atomic E-state index is -0.405. The average Bonchev–Trinajstić information content (AvgIpc) is 2.65. The van der Waals surface area contributed by atoms with Gasteiger partial charge in [0.2, 0.25) is 5.91 Å². The molecule has 0 N–H and O–H groups in total. The summed E-state index contributed by atoms with van der Waals surface area (Å²) in [5.74, 6) is -0.570. The first-order valence-electron chi connectivity index (χ1n) is 5.50. The van der Waals surface area contributed by atoms with E-state index in [1.54, 1.807) is 0 Å². The Labute approximate surface area is 97.8 Å². The molecule has 0 amide bonds. The highest BCUT2D eigenvalue weighted by Gasteiger charge is 2.28. The lowest BCUT2D eigenvalue weighted by molar-refractivity contribution is 0.0463. The molecule has 0 aliphatic carbocycles. The summed E-state index contributed by atoms with van der Waals surface area (Å²) in [7, 11) is 0. The maximum absolute atomic E-state index is 11.8. The van der Waals surface area contributed by atoms with E-state index in [-0.39, 0.29) is 5.91 Å². The minimum absolute atomic E-state index is 0.165. The predicted octanol–water partition coefficient (Wildman–Crippen LogP) is 2.01. The van der Waals surface area contributed by atoms with Crippen molar-refractivity contribution in [1.82, 2.24) is 4.57 Å². The zero-order chi connectivity index (χ0) is 12.0. The summed E-state index contributed by atoms with van der Waals surface area (Å²) in [6, 6.07) is 7.56. The van der Waals surface area contributed by atoms with E-state index in [1.165, 1.54) is 11.5 Å². The normalized spacial score (nSPS) is 14.5. The molecule has 2 aromatic rings. The number of fused-ring (bicyclic) bond motifs is 3. The van der Waals surface area contributed by atoms with E-state index in [1.807, 2.05) is 24.3 Å². The van der Waals surface area contributed by atoms with Crippen molar-refractivity contribution in [3.63, 3.8) is 0 Å². The van der Waals surface area contributed by atoms with E-state index in [4.69, 9.17) is 4.74 Å². The van der Waals surface area contributed by atoms with Crippen molar-refractivity contribution in [2.45, 2.75) is 13.3 Å². The maximum atomic E-state index is 11.8. The Bertz CT molecular complexity index is 639.